The molecule has 0 fully saturated rings. The van der Waals surface area contributed by atoms with E-state index < -0.39 is 11.7 Å². The molecular formula is C14H21NO3. The lowest BCUT2D eigenvalue weighted by molar-refractivity contribution is -0.122. The average Bonchev–Trinajstić information content (AvgIpc) is 2.37. The first-order chi connectivity index (χ1) is 8.11. The third kappa shape index (κ3) is 3.45. The average molecular weight is 251 g/mol. The number of ether oxygens (including phenoxy) is 1. The monoisotopic (exact) mass is 251 g/mol. The summed E-state index contributed by atoms with van der Waals surface area (Å²) in [5.74, 6) is -0.0900. The summed E-state index contributed by atoms with van der Waals surface area (Å²) >= 11 is 0. The van der Waals surface area contributed by atoms with Crippen molar-refractivity contribution in [1.29, 1.82) is 0 Å². The third-order valence-corrected chi connectivity index (χ3v) is 2.27. The molecule has 0 bridgehead atoms. The summed E-state index contributed by atoms with van der Waals surface area (Å²) in [4.78, 5) is 24.9. The Morgan fingerprint density at radius 2 is 1.94 bits per heavy atom. The molecule has 0 aromatic heterocycles. The van der Waals surface area contributed by atoms with Crippen molar-refractivity contribution in [3.63, 3.8) is 0 Å². The fraction of sp³-hybridized carbons (Fsp3) is 0.571. The molecule has 1 heterocycles. The number of amides is 2. The van der Waals surface area contributed by atoms with Crippen molar-refractivity contribution in [2.24, 2.45) is 5.92 Å². The highest BCUT2D eigenvalue weighted by atomic mass is 16.6. The summed E-state index contributed by atoms with van der Waals surface area (Å²) < 4.78 is 5.24. The zero-order valence-corrected chi connectivity index (χ0v) is 11.9. The molecule has 1 aliphatic rings. The van der Waals surface area contributed by atoms with E-state index >= 15 is 0 Å². The predicted molar refractivity (Wildman–Crippen MR) is 69.8 cm³/mol. The number of imide groups is 1. The summed E-state index contributed by atoms with van der Waals surface area (Å²) in [5.41, 5.74) is 0.806. The minimum Gasteiger partial charge on any atom is -0.443 e. The van der Waals surface area contributed by atoms with Crippen molar-refractivity contribution in [2.45, 2.75) is 47.1 Å². The van der Waals surface area contributed by atoms with Crippen molar-refractivity contribution in [3.8, 4) is 0 Å². The fourth-order valence-corrected chi connectivity index (χ4v) is 1.64. The number of allylic oxidation sites excluding steroid dienone is 2. The first-order valence-corrected chi connectivity index (χ1v) is 6.09. The smallest absolute Gasteiger partial charge is 0.422 e. The van der Waals surface area contributed by atoms with Crippen LogP contribution in [-0.4, -0.2) is 22.5 Å². The van der Waals surface area contributed by atoms with Crippen LogP contribution < -0.4 is 0 Å². The van der Waals surface area contributed by atoms with E-state index in [0.29, 0.717) is 5.70 Å². The molecule has 1 rings (SSSR count). The second-order valence-corrected chi connectivity index (χ2v) is 5.78. The van der Waals surface area contributed by atoms with Crippen LogP contribution >= 0.6 is 0 Å². The van der Waals surface area contributed by atoms with Crippen molar-refractivity contribution in [2.75, 3.05) is 0 Å². The second-order valence-electron chi connectivity index (χ2n) is 5.78. The molecule has 0 atom stereocenters. The number of hydrogen-bond donors (Lipinski definition) is 0. The van der Waals surface area contributed by atoms with Gasteiger partial charge in [0.1, 0.15) is 5.60 Å². The Morgan fingerprint density at radius 3 is 2.39 bits per heavy atom. The van der Waals surface area contributed by atoms with Gasteiger partial charge in [-0.1, -0.05) is 19.9 Å². The van der Waals surface area contributed by atoms with Crippen LogP contribution in [0.25, 0.3) is 0 Å². The Hall–Kier alpha value is -1.58. The topological polar surface area (TPSA) is 46.6 Å². The molecule has 100 valence electrons. The van der Waals surface area contributed by atoms with Crippen molar-refractivity contribution in [1.82, 2.24) is 4.90 Å². The summed E-state index contributed by atoms with van der Waals surface area (Å²) in [6.07, 6.45) is 2.73. The molecule has 0 spiro atoms. The van der Waals surface area contributed by atoms with Gasteiger partial charge in [-0.3, -0.25) is 4.79 Å². The van der Waals surface area contributed by atoms with Gasteiger partial charge >= 0.3 is 6.09 Å². The van der Waals surface area contributed by atoms with Crippen molar-refractivity contribution >= 4 is 12.0 Å². The highest BCUT2D eigenvalue weighted by Crippen LogP contribution is 2.26. The zero-order valence-electron chi connectivity index (χ0n) is 11.9. The van der Waals surface area contributed by atoms with Gasteiger partial charge in [0, 0.05) is 6.08 Å². The van der Waals surface area contributed by atoms with E-state index in [0.717, 1.165) is 10.5 Å². The van der Waals surface area contributed by atoms with Gasteiger partial charge in [-0.25, -0.2) is 9.69 Å². The predicted octanol–water partition coefficient (Wildman–Crippen LogP) is 3.25. The van der Waals surface area contributed by atoms with Crippen LogP contribution in [-0.2, 0) is 9.53 Å². The molecule has 4 heteroatoms. The van der Waals surface area contributed by atoms with Gasteiger partial charge in [0.05, 0.1) is 5.70 Å². The summed E-state index contributed by atoms with van der Waals surface area (Å²) in [6.45, 7) is 11.1. The minimum absolute atomic E-state index is 0.249. The fourth-order valence-electron chi connectivity index (χ4n) is 1.64. The Kier molecular flexibility index (Phi) is 3.99. The largest absolute Gasteiger partial charge is 0.443 e. The van der Waals surface area contributed by atoms with Gasteiger partial charge in [-0.05, 0) is 39.2 Å². The van der Waals surface area contributed by atoms with Gasteiger partial charge < -0.3 is 4.74 Å². The third-order valence-electron chi connectivity index (χ3n) is 2.27. The lowest BCUT2D eigenvalue weighted by Crippen LogP contribution is -2.37. The molecule has 0 aromatic carbocycles. The van der Waals surface area contributed by atoms with E-state index in [1.807, 2.05) is 26.8 Å². The highest BCUT2D eigenvalue weighted by Gasteiger charge is 2.34. The van der Waals surface area contributed by atoms with E-state index in [1.165, 1.54) is 6.08 Å². The minimum atomic E-state index is -0.618. The van der Waals surface area contributed by atoms with Gasteiger partial charge in [0.15, 0.2) is 0 Å². The molecule has 0 radical (unpaired) electrons. The van der Waals surface area contributed by atoms with E-state index in [2.05, 4.69) is 0 Å². The van der Waals surface area contributed by atoms with Crippen LogP contribution in [0.1, 0.15) is 41.5 Å². The van der Waals surface area contributed by atoms with Gasteiger partial charge in [-0.15, -0.1) is 0 Å². The molecule has 0 saturated heterocycles. The highest BCUT2D eigenvalue weighted by molar-refractivity contribution is 6.05. The molecular weight excluding hydrogens is 230 g/mol. The SMILES string of the molecule is CC1=CC(=O)N(C(=O)OC(C)(C)C)/C1=C/C(C)C. The lowest BCUT2D eigenvalue weighted by atomic mass is 10.1. The Balaban J connectivity index is 3.00. The molecule has 0 saturated carbocycles. The maximum absolute atomic E-state index is 12.0. The molecule has 0 aliphatic carbocycles. The summed E-state index contributed by atoms with van der Waals surface area (Å²) in [6, 6.07) is 0. The van der Waals surface area contributed by atoms with Crippen molar-refractivity contribution in [3.05, 3.63) is 23.4 Å². The van der Waals surface area contributed by atoms with Crippen LogP contribution in [0.2, 0.25) is 0 Å². The molecule has 4 nitrogen and oxygen atoms in total. The van der Waals surface area contributed by atoms with Crippen LogP contribution in [0.5, 0.6) is 0 Å². The first-order valence-electron chi connectivity index (χ1n) is 6.09. The Labute approximate surface area is 108 Å². The maximum atomic E-state index is 12.0. The number of carbonyl (C=O) groups is 2. The number of carbonyl (C=O) groups excluding carboxylic acids is 2. The number of nitrogens with zero attached hydrogens (tertiary/aromatic N) is 1. The molecule has 2 amide bonds. The Morgan fingerprint density at radius 1 is 1.39 bits per heavy atom. The van der Waals surface area contributed by atoms with Gasteiger partial charge in [0.25, 0.3) is 5.91 Å². The van der Waals surface area contributed by atoms with E-state index in [9.17, 15) is 9.59 Å². The van der Waals surface area contributed by atoms with E-state index in [1.54, 1.807) is 20.8 Å². The first kappa shape index (κ1) is 14.5. The molecule has 18 heavy (non-hydrogen) atoms. The number of hydrogen-bond acceptors (Lipinski definition) is 3. The zero-order chi connectivity index (χ0) is 14.1. The summed E-state index contributed by atoms with van der Waals surface area (Å²) in [5, 5.41) is 0. The van der Waals surface area contributed by atoms with E-state index in [-0.39, 0.29) is 11.8 Å². The lowest BCUT2D eigenvalue weighted by Gasteiger charge is -2.24. The molecule has 0 N–H and O–H groups in total. The van der Waals surface area contributed by atoms with Crippen LogP contribution in [0, 0.1) is 5.92 Å². The molecule has 0 unspecified atom stereocenters. The summed E-state index contributed by atoms with van der Waals surface area (Å²) in [7, 11) is 0. The van der Waals surface area contributed by atoms with Crippen molar-refractivity contribution < 1.29 is 14.3 Å². The van der Waals surface area contributed by atoms with Gasteiger partial charge in [0.2, 0.25) is 0 Å². The van der Waals surface area contributed by atoms with Crippen LogP contribution in [0.4, 0.5) is 4.79 Å². The Bertz CT molecular complexity index is 425. The number of rotatable bonds is 1. The molecule has 1 aliphatic heterocycles. The maximum Gasteiger partial charge on any atom is 0.422 e. The van der Waals surface area contributed by atoms with Gasteiger partial charge in [-0.2, -0.15) is 0 Å². The second kappa shape index (κ2) is 4.96. The van der Waals surface area contributed by atoms with Crippen LogP contribution in [0.15, 0.2) is 23.4 Å². The standard InChI is InChI=1S/C14H21NO3/c1-9(2)7-11-10(3)8-12(16)15(11)13(17)18-14(4,5)6/h7-9H,1-6H3/b11-7+. The quantitative estimate of drug-likeness (QED) is 0.718. The van der Waals surface area contributed by atoms with E-state index in [4.69, 9.17) is 4.74 Å². The molecule has 0 aromatic rings. The normalized spacial score (nSPS) is 18.6. The van der Waals surface area contributed by atoms with Crippen LogP contribution in [0.3, 0.4) is 0 Å².